The van der Waals surface area contributed by atoms with Gasteiger partial charge in [-0.25, -0.2) is 0 Å². The third-order valence-corrected chi connectivity index (χ3v) is 3.37. The molecule has 92 valence electrons. The van der Waals surface area contributed by atoms with Crippen LogP contribution in [-0.4, -0.2) is 11.1 Å². The quantitative estimate of drug-likeness (QED) is 0.857. The number of benzene rings is 1. The molecule has 0 aliphatic heterocycles. The number of aryl methyl sites for hydroxylation is 2. The van der Waals surface area contributed by atoms with E-state index in [1.54, 1.807) is 0 Å². The van der Waals surface area contributed by atoms with Gasteiger partial charge >= 0.3 is 0 Å². The lowest BCUT2D eigenvalue weighted by atomic mass is 10.0. The van der Waals surface area contributed by atoms with Crippen LogP contribution in [0, 0.1) is 6.92 Å². The van der Waals surface area contributed by atoms with Crippen molar-refractivity contribution in [2.45, 2.75) is 39.7 Å². The molecule has 1 aromatic heterocycles. The van der Waals surface area contributed by atoms with E-state index in [2.05, 4.69) is 49.7 Å². The van der Waals surface area contributed by atoms with Gasteiger partial charge in [0.25, 0.3) is 0 Å². The minimum Gasteiger partial charge on any atom is -0.347 e. The minimum absolute atomic E-state index is 0.589. The first-order chi connectivity index (χ1) is 8.13. The van der Waals surface area contributed by atoms with Gasteiger partial charge in [0.1, 0.15) is 0 Å². The Labute approximate surface area is 103 Å². The van der Waals surface area contributed by atoms with E-state index in [0.717, 1.165) is 19.5 Å². The van der Waals surface area contributed by atoms with Crippen molar-refractivity contribution in [2.24, 2.45) is 5.73 Å². The molecule has 1 heterocycles. The second-order valence-corrected chi connectivity index (χ2v) is 5.08. The Bertz CT molecular complexity index is 509. The minimum atomic E-state index is 0.589. The van der Waals surface area contributed by atoms with Gasteiger partial charge in [0.15, 0.2) is 0 Å². The third kappa shape index (κ3) is 2.37. The Morgan fingerprint density at radius 2 is 2.06 bits per heavy atom. The topological polar surface area (TPSA) is 30.9 Å². The van der Waals surface area contributed by atoms with Gasteiger partial charge in [-0.15, -0.1) is 0 Å². The average molecular weight is 230 g/mol. The Hall–Kier alpha value is -1.28. The van der Waals surface area contributed by atoms with Crippen LogP contribution in [0.15, 0.2) is 24.4 Å². The lowest BCUT2D eigenvalue weighted by Gasteiger charge is -2.07. The van der Waals surface area contributed by atoms with Gasteiger partial charge in [0, 0.05) is 23.6 Å². The number of aromatic nitrogens is 1. The number of nitrogens with zero attached hydrogens (tertiary/aromatic N) is 1. The molecule has 0 saturated carbocycles. The molecule has 0 bridgehead atoms. The molecule has 2 aromatic rings. The van der Waals surface area contributed by atoms with E-state index in [4.69, 9.17) is 5.73 Å². The zero-order chi connectivity index (χ0) is 12.4. The predicted octanol–water partition coefficient (Wildman–Crippen LogP) is 3.42. The van der Waals surface area contributed by atoms with Crippen molar-refractivity contribution in [3.8, 4) is 0 Å². The van der Waals surface area contributed by atoms with Crippen LogP contribution in [0.1, 0.15) is 37.3 Å². The van der Waals surface area contributed by atoms with E-state index in [9.17, 15) is 0 Å². The summed E-state index contributed by atoms with van der Waals surface area (Å²) in [5.41, 5.74) is 9.69. The van der Waals surface area contributed by atoms with Crippen molar-refractivity contribution in [2.75, 3.05) is 6.54 Å². The fourth-order valence-electron chi connectivity index (χ4n) is 2.30. The molecule has 1 aromatic carbocycles. The Balaban J connectivity index is 2.45. The average Bonchev–Trinajstić information content (AvgIpc) is 2.63. The molecule has 0 aliphatic carbocycles. The van der Waals surface area contributed by atoms with Crippen LogP contribution in [-0.2, 0) is 6.54 Å². The summed E-state index contributed by atoms with van der Waals surface area (Å²) in [5, 5.41) is 1.38. The summed E-state index contributed by atoms with van der Waals surface area (Å²) >= 11 is 0. The van der Waals surface area contributed by atoms with Crippen molar-refractivity contribution in [3.05, 3.63) is 35.5 Å². The summed E-state index contributed by atoms with van der Waals surface area (Å²) in [6, 6.07) is 6.81. The maximum absolute atomic E-state index is 5.58. The monoisotopic (exact) mass is 230 g/mol. The normalized spacial score (nSPS) is 11.6. The SMILES string of the molecule is Cc1cn(CCCN)c2ccc(C(C)C)cc12. The molecule has 0 atom stereocenters. The highest BCUT2D eigenvalue weighted by atomic mass is 15.0. The number of fused-ring (bicyclic) bond motifs is 1. The van der Waals surface area contributed by atoms with E-state index >= 15 is 0 Å². The molecule has 2 rings (SSSR count). The van der Waals surface area contributed by atoms with Gasteiger partial charge in [-0.2, -0.15) is 0 Å². The molecule has 2 N–H and O–H groups in total. The van der Waals surface area contributed by atoms with Crippen LogP contribution >= 0.6 is 0 Å². The maximum Gasteiger partial charge on any atom is 0.0483 e. The Kier molecular flexibility index (Phi) is 3.53. The summed E-state index contributed by atoms with van der Waals surface area (Å²) in [4.78, 5) is 0. The number of hydrogen-bond donors (Lipinski definition) is 1. The van der Waals surface area contributed by atoms with E-state index in [1.807, 2.05) is 0 Å². The highest BCUT2D eigenvalue weighted by Crippen LogP contribution is 2.25. The fourth-order valence-corrected chi connectivity index (χ4v) is 2.30. The highest BCUT2D eigenvalue weighted by molar-refractivity contribution is 5.84. The van der Waals surface area contributed by atoms with E-state index < -0.39 is 0 Å². The van der Waals surface area contributed by atoms with Gasteiger partial charge in [-0.05, 0) is 49.1 Å². The van der Waals surface area contributed by atoms with Gasteiger partial charge < -0.3 is 10.3 Å². The molecule has 0 aliphatic rings. The van der Waals surface area contributed by atoms with Gasteiger partial charge in [0.05, 0.1) is 0 Å². The maximum atomic E-state index is 5.58. The van der Waals surface area contributed by atoms with E-state index in [-0.39, 0.29) is 0 Å². The summed E-state index contributed by atoms with van der Waals surface area (Å²) in [5.74, 6) is 0.589. The van der Waals surface area contributed by atoms with Crippen molar-refractivity contribution >= 4 is 10.9 Å². The molecular formula is C15H22N2. The second-order valence-electron chi connectivity index (χ2n) is 5.08. The number of hydrogen-bond acceptors (Lipinski definition) is 1. The Morgan fingerprint density at radius 3 is 2.71 bits per heavy atom. The molecule has 0 spiro atoms. The van der Waals surface area contributed by atoms with Crippen LogP contribution in [0.2, 0.25) is 0 Å². The lowest BCUT2D eigenvalue weighted by Crippen LogP contribution is -2.04. The van der Waals surface area contributed by atoms with E-state index in [0.29, 0.717) is 5.92 Å². The summed E-state index contributed by atoms with van der Waals surface area (Å²) < 4.78 is 2.32. The van der Waals surface area contributed by atoms with Gasteiger partial charge in [-0.3, -0.25) is 0 Å². The zero-order valence-electron chi connectivity index (χ0n) is 11.0. The first-order valence-electron chi connectivity index (χ1n) is 6.43. The molecule has 0 fully saturated rings. The first-order valence-corrected chi connectivity index (χ1v) is 6.43. The first kappa shape index (κ1) is 12.2. The molecule has 0 amide bonds. The zero-order valence-corrected chi connectivity index (χ0v) is 11.0. The molecule has 0 saturated heterocycles. The third-order valence-electron chi connectivity index (χ3n) is 3.37. The second kappa shape index (κ2) is 4.92. The van der Waals surface area contributed by atoms with E-state index in [1.165, 1.54) is 22.0 Å². The fraction of sp³-hybridized carbons (Fsp3) is 0.467. The summed E-state index contributed by atoms with van der Waals surface area (Å²) in [6.45, 7) is 8.43. The van der Waals surface area contributed by atoms with Crippen LogP contribution in [0.4, 0.5) is 0 Å². The molecule has 2 heteroatoms. The standard InChI is InChI=1S/C15H22N2/c1-11(2)13-5-6-15-14(9-13)12(3)10-17(15)8-4-7-16/h5-6,9-11H,4,7-8,16H2,1-3H3. The van der Waals surface area contributed by atoms with Gasteiger partial charge in [-0.1, -0.05) is 19.9 Å². The van der Waals surface area contributed by atoms with Crippen LogP contribution in [0.3, 0.4) is 0 Å². The molecule has 2 nitrogen and oxygen atoms in total. The van der Waals surface area contributed by atoms with Crippen molar-refractivity contribution in [1.82, 2.24) is 4.57 Å². The highest BCUT2D eigenvalue weighted by Gasteiger charge is 2.07. The molecular weight excluding hydrogens is 208 g/mol. The molecule has 0 radical (unpaired) electrons. The number of nitrogens with two attached hydrogens (primary N) is 1. The predicted molar refractivity (Wildman–Crippen MR) is 74.4 cm³/mol. The van der Waals surface area contributed by atoms with Gasteiger partial charge in [0.2, 0.25) is 0 Å². The van der Waals surface area contributed by atoms with Crippen LogP contribution in [0.5, 0.6) is 0 Å². The van der Waals surface area contributed by atoms with Crippen LogP contribution in [0.25, 0.3) is 10.9 Å². The Morgan fingerprint density at radius 1 is 1.29 bits per heavy atom. The largest absolute Gasteiger partial charge is 0.347 e. The smallest absolute Gasteiger partial charge is 0.0483 e. The summed E-state index contributed by atoms with van der Waals surface area (Å²) in [7, 11) is 0. The van der Waals surface area contributed by atoms with Crippen molar-refractivity contribution < 1.29 is 0 Å². The van der Waals surface area contributed by atoms with Crippen molar-refractivity contribution in [1.29, 1.82) is 0 Å². The lowest BCUT2D eigenvalue weighted by molar-refractivity contribution is 0.670. The molecule has 17 heavy (non-hydrogen) atoms. The summed E-state index contributed by atoms with van der Waals surface area (Å²) in [6.07, 6.45) is 3.28. The number of rotatable bonds is 4. The van der Waals surface area contributed by atoms with Crippen LogP contribution < -0.4 is 5.73 Å². The molecule has 0 unspecified atom stereocenters. The van der Waals surface area contributed by atoms with Crippen molar-refractivity contribution in [3.63, 3.8) is 0 Å².